The first kappa shape index (κ1) is 18.7. The number of carbonyl (C=O) groups is 2. The van der Waals surface area contributed by atoms with Crippen LogP contribution in [-0.4, -0.2) is 59.7 Å². The van der Waals surface area contributed by atoms with Gasteiger partial charge in [-0.1, -0.05) is 19.3 Å². The summed E-state index contributed by atoms with van der Waals surface area (Å²) in [4.78, 5) is 32.4. The number of likely N-dealkylation sites (N-methyl/N-ethyl adjacent to an activating group) is 1. The van der Waals surface area contributed by atoms with E-state index < -0.39 is 0 Å². The molecular formula is C19H31N3O2. The van der Waals surface area contributed by atoms with E-state index in [1.165, 1.54) is 19.3 Å². The molecule has 1 aromatic heterocycles. The molecule has 0 spiro atoms. The maximum atomic E-state index is 13.2. The summed E-state index contributed by atoms with van der Waals surface area (Å²) >= 11 is 0. The van der Waals surface area contributed by atoms with Gasteiger partial charge in [-0.15, -0.1) is 0 Å². The molecule has 0 aliphatic heterocycles. The Morgan fingerprint density at radius 2 is 1.71 bits per heavy atom. The van der Waals surface area contributed by atoms with Gasteiger partial charge in [0.25, 0.3) is 5.91 Å². The van der Waals surface area contributed by atoms with Crippen molar-refractivity contribution in [1.29, 1.82) is 0 Å². The summed E-state index contributed by atoms with van der Waals surface area (Å²) in [6.07, 6.45) is 5.81. The quantitative estimate of drug-likeness (QED) is 0.814. The van der Waals surface area contributed by atoms with Gasteiger partial charge in [-0.2, -0.15) is 0 Å². The van der Waals surface area contributed by atoms with Crippen LogP contribution in [0.2, 0.25) is 0 Å². The maximum absolute atomic E-state index is 13.2. The average Bonchev–Trinajstić information content (AvgIpc) is 2.83. The fourth-order valence-corrected chi connectivity index (χ4v) is 3.79. The summed E-state index contributed by atoms with van der Waals surface area (Å²) in [5, 5.41) is 0. The first-order valence-electron chi connectivity index (χ1n) is 8.98. The summed E-state index contributed by atoms with van der Waals surface area (Å²) < 4.78 is 0. The van der Waals surface area contributed by atoms with Gasteiger partial charge < -0.3 is 14.8 Å². The molecule has 0 atom stereocenters. The number of ketones is 1. The van der Waals surface area contributed by atoms with Crippen molar-refractivity contribution in [2.75, 3.05) is 27.2 Å². The molecule has 0 bridgehead atoms. The van der Waals surface area contributed by atoms with Crippen LogP contribution in [0.5, 0.6) is 0 Å². The van der Waals surface area contributed by atoms with E-state index in [1.807, 2.05) is 32.8 Å². The normalized spacial score (nSPS) is 15.8. The highest BCUT2D eigenvalue weighted by atomic mass is 16.2. The van der Waals surface area contributed by atoms with Crippen LogP contribution in [0.3, 0.4) is 0 Å². The van der Waals surface area contributed by atoms with Gasteiger partial charge in [-0.3, -0.25) is 9.59 Å². The summed E-state index contributed by atoms with van der Waals surface area (Å²) in [5.41, 5.74) is 2.83. The average molecular weight is 333 g/mol. The minimum atomic E-state index is 0.0119. The monoisotopic (exact) mass is 333 g/mol. The zero-order chi connectivity index (χ0) is 17.9. The summed E-state index contributed by atoms with van der Waals surface area (Å²) in [7, 11) is 4.06. The van der Waals surface area contributed by atoms with Gasteiger partial charge in [0.2, 0.25) is 0 Å². The van der Waals surface area contributed by atoms with Gasteiger partial charge in [-0.05, 0) is 53.3 Å². The van der Waals surface area contributed by atoms with Crippen molar-refractivity contribution in [3.05, 3.63) is 22.5 Å². The molecule has 0 aromatic carbocycles. The largest absolute Gasteiger partial charge is 0.354 e. The molecule has 1 aliphatic rings. The second kappa shape index (κ2) is 7.97. The van der Waals surface area contributed by atoms with E-state index >= 15 is 0 Å². The number of carbonyl (C=O) groups excluding carboxylic acids is 2. The molecule has 5 nitrogen and oxygen atoms in total. The molecule has 1 N–H and O–H groups in total. The number of aromatic nitrogens is 1. The van der Waals surface area contributed by atoms with Gasteiger partial charge in [0.1, 0.15) is 5.69 Å². The SMILES string of the molecule is CC(=O)c1c(C)[nH]c(C(=O)N(CCN(C)C)C2CCCCC2)c1C. The number of aromatic amines is 1. The van der Waals surface area contributed by atoms with Crippen LogP contribution < -0.4 is 0 Å². The molecule has 5 heteroatoms. The second-order valence-electron chi connectivity index (χ2n) is 7.27. The predicted octanol–water partition coefficient (Wildman–Crippen LogP) is 3.17. The molecule has 1 amide bonds. The number of aryl methyl sites for hydroxylation is 1. The Balaban J connectivity index is 2.29. The Kier molecular flexibility index (Phi) is 6.21. The number of rotatable bonds is 6. The van der Waals surface area contributed by atoms with Gasteiger partial charge in [0.15, 0.2) is 5.78 Å². The van der Waals surface area contributed by atoms with E-state index in [9.17, 15) is 9.59 Å². The number of nitrogens with one attached hydrogen (secondary N) is 1. The number of Topliss-reactive ketones (excluding diaryl/α,β-unsaturated/α-hetero) is 1. The van der Waals surface area contributed by atoms with E-state index in [1.54, 1.807) is 6.92 Å². The lowest BCUT2D eigenvalue weighted by molar-refractivity contribution is 0.0612. The van der Waals surface area contributed by atoms with E-state index in [0.29, 0.717) is 17.3 Å². The first-order chi connectivity index (χ1) is 11.3. The van der Waals surface area contributed by atoms with Gasteiger partial charge >= 0.3 is 0 Å². The molecule has 1 saturated carbocycles. The lowest BCUT2D eigenvalue weighted by atomic mass is 9.93. The van der Waals surface area contributed by atoms with Gasteiger partial charge in [0, 0.05) is 30.4 Å². The van der Waals surface area contributed by atoms with Crippen molar-refractivity contribution in [3.8, 4) is 0 Å². The van der Waals surface area contributed by atoms with Crippen molar-refractivity contribution < 1.29 is 9.59 Å². The molecule has 134 valence electrons. The molecule has 2 rings (SSSR count). The third kappa shape index (κ3) is 4.07. The van der Waals surface area contributed by atoms with Crippen LogP contribution >= 0.6 is 0 Å². The highest BCUT2D eigenvalue weighted by molar-refractivity contribution is 6.02. The zero-order valence-corrected chi connectivity index (χ0v) is 15.7. The standard InChI is InChI=1S/C19H31N3O2/c1-13-17(15(3)23)14(2)20-18(13)19(24)22(12-11-21(4)5)16-9-7-6-8-10-16/h16,20H,6-12H2,1-5H3. The molecule has 0 radical (unpaired) electrons. The first-order valence-corrected chi connectivity index (χ1v) is 8.98. The lowest BCUT2D eigenvalue weighted by Gasteiger charge is -2.35. The fourth-order valence-electron chi connectivity index (χ4n) is 3.79. The minimum Gasteiger partial charge on any atom is -0.354 e. The van der Waals surface area contributed by atoms with Crippen molar-refractivity contribution in [2.24, 2.45) is 0 Å². The van der Waals surface area contributed by atoms with E-state index in [-0.39, 0.29) is 11.7 Å². The van der Waals surface area contributed by atoms with E-state index in [2.05, 4.69) is 9.88 Å². The Hall–Kier alpha value is -1.62. The van der Waals surface area contributed by atoms with Gasteiger partial charge in [0.05, 0.1) is 0 Å². The highest BCUT2D eigenvalue weighted by Gasteiger charge is 2.29. The second-order valence-corrected chi connectivity index (χ2v) is 7.27. The molecular weight excluding hydrogens is 302 g/mol. The van der Waals surface area contributed by atoms with Crippen LogP contribution in [0.4, 0.5) is 0 Å². The zero-order valence-electron chi connectivity index (χ0n) is 15.7. The molecule has 1 fully saturated rings. The molecule has 1 heterocycles. The third-order valence-electron chi connectivity index (χ3n) is 5.07. The number of amides is 1. The van der Waals surface area contributed by atoms with E-state index in [4.69, 9.17) is 0 Å². The van der Waals surface area contributed by atoms with Crippen LogP contribution in [0.1, 0.15) is 71.1 Å². The highest BCUT2D eigenvalue weighted by Crippen LogP contribution is 2.26. The lowest BCUT2D eigenvalue weighted by Crippen LogP contribution is -2.45. The summed E-state index contributed by atoms with van der Waals surface area (Å²) in [6.45, 7) is 6.87. The predicted molar refractivity (Wildman–Crippen MR) is 96.7 cm³/mol. The van der Waals surface area contributed by atoms with Crippen molar-refractivity contribution in [3.63, 3.8) is 0 Å². The Morgan fingerprint density at radius 3 is 2.21 bits per heavy atom. The Morgan fingerprint density at radius 1 is 1.08 bits per heavy atom. The van der Waals surface area contributed by atoms with Crippen LogP contribution in [0.15, 0.2) is 0 Å². The van der Waals surface area contributed by atoms with E-state index in [0.717, 1.165) is 37.2 Å². The molecule has 1 aromatic rings. The van der Waals surface area contributed by atoms with Crippen molar-refractivity contribution in [2.45, 2.75) is 58.9 Å². The Labute approximate surface area is 145 Å². The molecule has 0 unspecified atom stereocenters. The fraction of sp³-hybridized carbons (Fsp3) is 0.684. The smallest absolute Gasteiger partial charge is 0.270 e. The minimum absolute atomic E-state index is 0.0119. The molecule has 1 aliphatic carbocycles. The van der Waals surface area contributed by atoms with Crippen molar-refractivity contribution >= 4 is 11.7 Å². The topological polar surface area (TPSA) is 56.4 Å². The maximum Gasteiger partial charge on any atom is 0.270 e. The van der Waals surface area contributed by atoms with Crippen LogP contribution in [0.25, 0.3) is 0 Å². The number of hydrogen-bond acceptors (Lipinski definition) is 3. The van der Waals surface area contributed by atoms with Gasteiger partial charge in [-0.25, -0.2) is 0 Å². The summed E-state index contributed by atoms with van der Waals surface area (Å²) in [5.74, 6) is 0.0506. The summed E-state index contributed by atoms with van der Waals surface area (Å²) in [6, 6.07) is 0.315. The number of hydrogen-bond donors (Lipinski definition) is 1. The third-order valence-corrected chi connectivity index (χ3v) is 5.07. The molecule has 0 saturated heterocycles. The van der Waals surface area contributed by atoms with Crippen molar-refractivity contribution in [1.82, 2.24) is 14.8 Å². The molecule has 24 heavy (non-hydrogen) atoms. The Bertz CT molecular complexity index is 598. The van der Waals surface area contributed by atoms with Crippen LogP contribution in [-0.2, 0) is 0 Å². The van der Waals surface area contributed by atoms with Crippen LogP contribution in [0, 0.1) is 13.8 Å². The number of nitrogens with zero attached hydrogens (tertiary/aromatic N) is 2. The number of H-pyrrole nitrogens is 1.